The van der Waals surface area contributed by atoms with Crippen LogP contribution in [-0.4, -0.2) is 5.71 Å². The van der Waals surface area contributed by atoms with E-state index in [2.05, 4.69) is 45.1 Å². The highest BCUT2D eigenvalue weighted by Gasteiger charge is 2.58. The lowest BCUT2D eigenvalue weighted by Gasteiger charge is -2.49. The van der Waals surface area contributed by atoms with E-state index in [0.29, 0.717) is 10.9 Å². The first-order valence-electron chi connectivity index (χ1n) is 9.46. The van der Waals surface area contributed by atoms with Crippen molar-refractivity contribution in [3.05, 3.63) is 46.5 Å². The maximum atomic E-state index is 10.1. The van der Waals surface area contributed by atoms with E-state index in [1.54, 1.807) is 12.1 Å². The number of hydrogen-bond acceptors (Lipinski definition) is 4. The van der Waals surface area contributed by atoms with E-state index in [1.165, 1.54) is 0 Å². The Morgan fingerprint density at radius 2 is 1.86 bits per heavy atom. The largest absolute Gasteiger partial charge is 0.305 e. The van der Waals surface area contributed by atoms with Gasteiger partial charge in [0.05, 0.1) is 23.9 Å². The minimum Gasteiger partial charge on any atom is -0.305 e. The van der Waals surface area contributed by atoms with Crippen LogP contribution in [0.1, 0.15) is 45.1 Å². The number of nitriles is 3. The summed E-state index contributed by atoms with van der Waals surface area (Å²) >= 11 is 6.23. The number of benzene rings is 1. The molecule has 4 atom stereocenters. The molecule has 0 aliphatic heterocycles. The van der Waals surface area contributed by atoms with Gasteiger partial charge in [-0.3, -0.25) is 0 Å². The molecule has 0 aromatic heterocycles. The Hall–Kier alpha value is -2.61. The molecule has 142 valence electrons. The van der Waals surface area contributed by atoms with Crippen molar-refractivity contribution in [3.8, 4) is 18.2 Å². The van der Waals surface area contributed by atoms with Gasteiger partial charge in [0, 0.05) is 10.9 Å². The molecule has 0 amide bonds. The molecule has 2 aliphatic rings. The van der Waals surface area contributed by atoms with Crippen LogP contribution in [0.25, 0.3) is 0 Å². The van der Waals surface area contributed by atoms with Gasteiger partial charge >= 0.3 is 0 Å². The first kappa shape index (κ1) is 20.1. The third-order valence-electron chi connectivity index (χ3n) is 6.43. The van der Waals surface area contributed by atoms with Crippen LogP contribution in [-0.2, 0) is 0 Å². The van der Waals surface area contributed by atoms with Crippen molar-refractivity contribution >= 4 is 17.3 Å². The van der Waals surface area contributed by atoms with Crippen molar-refractivity contribution in [2.24, 2.45) is 28.6 Å². The van der Waals surface area contributed by atoms with Crippen LogP contribution in [0.5, 0.6) is 0 Å². The molecule has 0 bridgehead atoms. The number of hydrogen-bond donors (Lipinski definition) is 1. The molecule has 5 heteroatoms. The molecule has 4 nitrogen and oxygen atoms in total. The number of allylic oxidation sites excluding steroid dienone is 2. The molecule has 3 rings (SSSR count). The molecule has 1 aromatic rings. The van der Waals surface area contributed by atoms with Gasteiger partial charge in [-0.05, 0) is 53.4 Å². The molecule has 1 unspecified atom stereocenters. The molecule has 1 fully saturated rings. The molecule has 1 N–H and O–H groups in total. The summed E-state index contributed by atoms with van der Waals surface area (Å²) in [5.74, 6) is -1.12. The van der Waals surface area contributed by atoms with E-state index >= 15 is 0 Å². The monoisotopic (exact) mass is 390 g/mol. The fourth-order valence-electron chi connectivity index (χ4n) is 4.81. The van der Waals surface area contributed by atoms with E-state index in [-0.39, 0.29) is 17.0 Å². The maximum Gasteiger partial charge on any atom is 0.189 e. The highest BCUT2D eigenvalue weighted by atomic mass is 35.5. The average molecular weight is 391 g/mol. The summed E-state index contributed by atoms with van der Waals surface area (Å²) in [5, 5.41) is 39.1. The first-order valence-corrected chi connectivity index (χ1v) is 9.83. The smallest absolute Gasteiger partial charge is 0.189 e. The van der Waals surface area contributed by atoms with Crippen molar-refractivity contribution in [3.63, 3.8) is 0 Å². The SMILES string of the molecule is CC(C)(C)[C@H]1CC=C2C(C#N)C(=N)C(C#N)(C#N)[C@@H](c3cccc(Cl)c3)[C@H]2C1. The van der Waals surface area contributed by atoms with Crippen LogP contribution in [0, 0.1) is 68.0 Å². The number of nitrogens with one attached hydrogen (secondary N) is 1. The van der Waals surface area contributed by atoms with Gasteiger partial charge in [0.2, 0.25) is 0 Å². The van der Waals surface area contributed by atoms with Gasteiger partial charge in [0.25, 0.3) is 0 Å². The average Bonchev–Trinajstić information content (AvgIpc) is 2.66. The predicted octanol–water partition coefficient (Wildman–Crippen LogP) is 5.63. The van der Waals surface area contributed by atoms with E-state index in [4.69, 9.17) is 17.0 Å². The van der Waals surface area contributed by atoms with Gasteiger partial charge in [-0.2, -0.15) is 15.8 Å². The summed E-state index contributed by atoms with van der Waals surface area (Å²) < 4.78 is 0. The maximum absolute atomic E-state index is 10.1. The van der Waals surface area contributed by atoms with Gasteiger partial charge in [-0.15, -0.1) is 0 Å². The van der Waals surface area contributed by atoms with Crippen LogP contribution in [0.3, 0.4) is 0 Å². The quantitative estimate of drug-likeness (QED) is 0.629. The summed E-state index contributed by atoms with van der Waals surface area (Å²) in [7, 11) is 0. The minimum absolute atomic E-state index is 0.0654. The highest BCUT2D eigenvalue weighted by Crippen LogP contribution is 2.57. The Balaban J connectivity index is 2.26. The third kappa shape index (κ3) is 3.01. The first-order chi connectivity index (χ1) is 13.2. The number of nitrogens with zero attached hydrogens (tertiary/aromatic N) is 3. The van der Waals surface area contributed by atoms with Gasteiger partial charge in [-0.1, -0.05) is 50.6 Å². The van der Waals surface area contributed by atoms with Crippen molar-refractivity contribution in [2.45, 2.75) is 39.5 Å². The summed E-state index contributed by atoms with van der Waals surface area (Å²) in [4.78, 5) is 0. The lowest BCUT2D eigenvalue weighted by Crippen LogP contribution is -2.50. The summed E-state index contributed by atoms with van der Waals surface area (Å²) in [6, 6.07) is 13.7. The van der Waals surface area contributed by atoms with Crippen LogP contribution >= 0.6 is 11.6 Å². The standard InChI is InChI=1S/C23H23ClN4/c1-22(2,3)15-7-8-17-18(10-15)20(14-5-4-6-16(24)9-14)23(12-26,13-27)21(28)19(17)11-25/h4-6,8-9,15,18-20,28H,7,10H2,1-3H3/t15-,18-,19?,20-/m0/s1. The molecule has 1 saturated carbocycles. The zero-order valence-electron chi connectivity index (χ0n) is 16.3. The van der Waals surface area contributed by atoms with Gasteiger partial charge < -0.3 is 5.41 Å². The van der Waals surface area contributed by atoms with Gasteiger partial charge in [-0.25, -0.2) is 0 Å². The van der Waals surface area contributed by atoms with Crippen molar-refractivity contribution < 1.29 is 0 Å². The third-order valence-corrected chi connectivity index (χ3v) is 6.67. The van der Waals surface area contributed by atoms with Crippen molar-refractivity contribution in [1.82, 2.24) is 0 Å². The fraction of sp³-hybridized carbons (Fsp3) is 0.478. The Morgan fingerprint density at radius 1 is 1.18 bits per heavy atom. The number of halogens is 1. The molecule has 1 aromatic carbocycles. The molecule has 0 spiro atoms. The van der Waals surface area contributed by atoms with Crippen molar-refractivity contribution in [2.75, 3.05) is 0 Å². The molecule has 2 aliphatic carbocycles. The molecule has 0 radical (unpaired) electrons. The lowest BCUT2D eigenvalue weighted by atomic mass is 9.51. The van der Waals surface area contributed by atoms with Gasteiger partial charge in [0.1, 0.15) is 5.92 Å². The Bertz CT molecular complexity index is 950. The summed E-state index contributed by atoms with van der Waals surface area (Å²) in [5.41, 5.74) is -0.0500. The molecular formula is C23H23ClN4. The van der Waals surface area contributed by atoms with E-state index in [0.717, 1.165) is 24.0 Å². The van der Waals surface area contributed by atoms with Crippen LogP contribution < -0.4 is 0 Å². The molecular weight excluding hydrogens is 368 g/mol. The fourth-order valence-corrected chi connectivity index (χ4v) is 5.00. The Morgan fingerprint density at radius 3 is 2.39 bits per heavy atom. The normalized spacial score (nSPS) is 28.9. The second kappa shape index (κ2) is 7.09. The topological polar surface area (TPSA) is 95.2 Å². The minimum atomic E-state index is -1.67. The van der Waals surface area contributed by atoms with E-state index < -0.39 is 17.3 Å². The van der Waals surface area contributed by atoms with Crippen molar-refractivity contribution in [1.29, 1.82) is 21.2 Å². The molecule has 0 heterocycles. The Kier molecular flexibility index (Phi) is 5.10. The second-order valence-corrected chi connectivity index (χ2v) is 9.32. The molecule has 0 saturated heterocycles. The summed E-state index contributed by atoms with van der Waals surface area (Å²) in [6.07, 6.45) is 3.71. The van der Waals surface area contributed by atoms with E-state index in [9.17, 15) is 15.8 Å². The van der Waals surface area contributed by atoms with Crippen LogP contribution in [0.4, 0.5) is 0 Å². The zero-order valence-corrected chi connectivity index (χ0v) is 17.1. The van der Waals surface area contributed by atoms with Crippen LogP contribution in [0.15, 0.2) is 35.9 Å². The lowest BCUT2D eigenvalue weighted by molar-refractivity contribution is 0.168. The Labute approximate surface area is 171 Å². The second-order valence-electron chi connectivity index (χ2n) is 8.89. The van der Waals surface area contributed by atoms with E-state index in [1.807, 2.05) is 12.1 Å². The summed E-state index contributed by atoms with van der Waals surface area (Å²) in [6.45, 7) is 6.58. The zero-order chi connectivity index (χ0) is 20.7. The number of fused-ring (bicyclic) bond motifs is 1. The highest BCUT2D eigenvalue weighted by molar-refractivity contribution is 6.30. The molecule has 28 heavy (non-hydrogen) atoms. The van der Waals surface area contributed by atoms with Crippen LogP contribution in [0.2, 0.25) is 5.02 Å². The van der Waals surface area contributed by atoms with Gasteiger partial charge in [0.15, 0.2) is 5.41 Å². The predicted molar refractivity (Wildman–Crippen MR) is 108 cm³/mol. The number of rotatable bonds is 1.